The molecule has 1 heterocycles. The highest BCUT2D eigenvalue weighted by Crippen LogP contribution is 2.35. The highest BCUT2D eigenvalue weighted by Gasteiger charge is 2.29. The van der Waals surface area contributed by atoms with Crippen LogP contribution in [0.4, 0.5) is 0 Å². The minimum absolute atomic E-state index is 0.731. The molecular weight excluding hydrogens is 260 g/mol. The molecule has 4 heteroatoms. The molecule has 3 atom stereocenters. The molecular formula is C17H32N4. The van der Waals surface area contributed by atoms with Gasteiger partial charge in [0, 0.05) is 13.0 Å². The van der Waals surface area contributed by atoms with Gasteiger partial charge in [0.25, 0.3) is 0 Å². The van der Waals surface area contributed by atoms with Gasteiger partial charge in [0.15, 0.2) is 0 Å². The minimum Gasteiger partial charge on any atom is -0.316 e. The molecule has 1 aromatic rings. The molecule has 3 unspecified atom stereocenters. The Labute approximate surface area is 129 Å². The summed E-state index contributed by atoms with van der Waals surface area (Å²) in [5, 5.41) is 7.98. The fourth-order valence-corrected chi connectivity index (χ4v) is 3.58. The Morgan fingerprint density at radius 2 is 2.14 bits per heavy atom. The number of nitrogens with one attached hydrogen (secondary N) is 1. The van der Waals surface area contributed by atoms with Gasteiger partial charge < -0.3 is 5.32 Å². The van der Waals surface area contributed by atoms with Gasteiger partial charge in [-0.1, -0.05) is 27.2 Å². The smallest absolute Gasteiger partial charge is 0.138 e. The summed E-state index contributed by atoms with van der Waals surface area (Å²) in [6, 6.07) is 0. The lowest BCUT2D eigenvalue weighted by molar-refractivity contribution is 0.179. The molecule has 1 aliphatic rings. The Balaban J connectivity index is 1.94. The Bertz CT molecular complexity index is 413. The van der Waals surface area contributed by atoms with Gasteiger partial charge in [0.05, 0.1) is 0 Å². The lowest BCUT2D eigenvalue weighted by atomic mass is 9.73. The normalized spacial score (nSPS) is 26.4. The zero-order chi connectivity index (χ0) is 15.2. The van der Waals surface area contributed by atoms with E-state index < -0.39 is 0 Å². The molecule has 1 fully saturated rings. The van der Waals surface area contributed by atoms with Gasteiger partial charge in [0.1, 0.15) is 12.2 Å². The zero-order valence-electron chi connectivity index (χ0n) is 14.2. The van der Waals surface area contributed by atoms with Crippen molar-refractivity contribution in [2.75, 3.05) is 13.1 Å². The van der Waals surface area contributed by atoms with E-state index in [1.54, 1.807) is 6.33 Å². The predicted molar refractivity (Wildman–Crippen MR) is 87.1 cm³/mol. The third-order valence-electron chi connectivity index (χ3n) is 4.80. The van der Waals surface area contributed by atoms with E-state index >= 15 is 0 Å². The van der Waals surface area contributed by atoms with Gasteiger partial charge in [-0.05, 0) is 56.5 Å². The van der Waals surface area contributed by atoms with Crippen LogP contribution in [-0.2, 0) is 13.0 Å². The summed E-state index contributed by atoms with van der Waals surface area (Å²) in [6.07, 6.45) is 6.87. The van der Waals surface area contributed by atoms with E-state index in [9.17, 15) is 0 Å². The van der Waals surface area contributed by atoms with Gasteiger partial charge in [0.2, 0.25) is 0 Å². The molecule has 1 saturated carbocycles. The summed E-state index contributed by atoms with van der Waals surface area (Å²) in [7, 11) is 0. The molecule has 1 N–H and O–H groups in total. The van der Waals surface area contributed by atoms with Crippen molar-refractivity contribution < 1.29 is 0 Å². The van der Waals surface area contributed by atoms with Crippen LogP contribution in [0, 0.1) is 23.7 Å². The van der Waals surface area contributed by atoms with Crippen molar-refractivity contribution in [2.24, 2.45) is 23.7 Å². The Kier molecular flexibility index (Phi) is 6.22. The van der Waals surface area contributed by atoms with Crippen LogP contribution in [-0.4, -0.2) is 27.9 Å². The first-order valence-corrected chi connectivity index (χ1v) is 8.67. The minimum atomic E-state index is 0.731. The van der Waals surface area contributed by atoms with Crippen LogP contribution in [0.15, 0.2) is 6.33 Å². The summed E-state index contributed by atoms with van der Waals surface area (Å²) in [4.78, 5) is 4.48. The fraction of sp³-hybridized carbons (Fsp3) is 0.882. The van der Waals surface area contributed by atoms with Gasteiger partial charge >= 0.3 is 0 Å². The van der Waals surface area contributed by atoms with Crippen LogP contribution < -0.4 is 5.32 Å². The van der Waals surface area contributed by atoms with Crippen molar-refractivity contribution in [3.05, 3.63) is 12.2 Å². The van der Waals surface area contributed by atoms with Crippen LogP contribution in [0.2, 0.25) is 0 Å². The van der Waals surface area contributed by atoms with E-state index in [-0.39, 0.29) is 0 Å². The number of rotatable bonds is 7. The molecule has 21 heavy (non-hydrogen) atoms. The number of hydrogen-bond donors (Lipinski definition) is 1. The molecule has 0 radical (unpaired) electrons. The molecule has 2 rings (SSSR count). The Morgan fingerprint density at radius 3 is 2.86 bits per heavy atom. The molecule has 0 spiro atoms. The lowest BCUT2D eigenvalue weighted by Crippen LogP contribution is -2.35. The summed E-state index contributed by atoms with van der Waals surface area (Å²) in [6.45, 7) is 12.3. The second-order valence-electron chi connectivity index (χ2n) is 7.19. The van der Waals surface area contributed by atoms with E-state index in [0.717, 1.165) is 49.7 Å². The zero-order valence-corrected chi connectivity index (χ0v) is 14.2. The number of aromatic nitrogens is 3. The third kappa shape index (κ3) is 4.80. The van der Waals surface area contributed by atoms with Crippen molar-refractivity contribution >= 4 is 0 Å². The topological polar surface area (TPSA) is 42.7 Å². The van der Waals surface area contributed by atoms with E-state index in [1.165, 1.54) is 25.1 Å². The average Bonchev–Trinajstić information content (AvgIpc) is 2.88. The van der Waals surface area contributed by atoms with Crippen LogP contribution in [0.5, 0.6) is 0 Å². The molecule has 0 aromatic carbocycles. The summed E-state index contributed by atoms with van der Waals surface area (Å²) in [5.41, 5.74) is 0. The Hall–Kier alpha value is -0.900. The van der Waals surface area contributed by atoms with E-state index in [1.807, 2.05) is 0 Å². The first-order chi connectivity index (χ1) is 10.1. The first kappa shape index (κ1) is 16.5. The first-order valence-electron chi connectivity index (χ1n) is 8.67. The van der Waals surface area contributed by atoms with Crippen LogP contribution >= 0.6 is 0 Å². The van der Waals surface area contributed by atoms with Crippen molar-refractivity contribution in [1.29, 1.82) is 0 Å². The number of nitrogens with zero attached hydrogens (tertiary/aromatic N) is 3. The van der Waals surface area contributed by atoms with Crippen LogP contribution in [0.25, 0.3) is 0 Å². The molecule has 1 aliphatic carbocycles. The van der Waals surface area contributed by atoms with Crippen molar-refractivity contribution in [3.8, 4) is 0 Å². The number of hydrogen-bond acceptors (Lipinski definition) is 3. The van der Waals surface area contributed by atoms with E-state index in [4.69, 9.17) is 0 Å². The van der Waals surface area contributed by atoms with Crippen molar-refractivity contribution in [2.45, 2.75) is 59.9 Å². The highest BCUT2D eigenvalue weighted by atomic mass is 15.3. The molecule has 120 valence electrons. The second-order valence-corrected chi connectivity index (χ2v) is 7.19. The summed E-state index contributed by atoms with van der Waals surface area (Å²) < 4.78 is 2.05. The molecule has 1 aromatic heterocycles. The summed E-state index contributed by atoms with van der Waals surface area (Å²) in [5.74, 6) is 4.30. The van der Waals surface area contributed by atoms with Gasteiger partial charge in [-0.3, -0.25) is 4.68 Å². The van der Waals surface area contributed by atoms with Crippen molar-refractivity contribution in [1.82, 2.24) is 20.1 Å². The second kappa shape index (κ2) is 7.92. The largest absolute Gasteiger partial charge is 0.316 e. The standard InChI is InChI=1S/C17H32N4/c1-5-21-17(19-12-20-21)9-16-8-14(4)6-7-15(16)11-18-10-13(2)3/h12-16,18H,5-11H2,1-4H3. The van der Waals surface area contributed by atoms with Crippen LogP contribution in [0.3, 0.4) is 0 Å². The van der Waals surface area contributed by atoms with Crippen LogP contribution in [0.1, 0.15) is 52.8 Å². The van der Waals surface area contributed by atoms with Gasteiger partial charge in [-0.15, -0.1) is 0 Å². The third-order valence-corrected chi connectivity index (χ3v) is 4.80. The SMILES string of the molecule is CCn1ncnc1CC1CC(C)CCC1CNCC(C)C. The molecule has 0 aliphatic heterocycles. The molecule has 0 amide bonds. The quantitative estimate of drug-likeness (QED) is 0.839. The lowest BCUT2D eigenvalue weighted by Gasteiger charge is -2.35. The fourth-order valence-electron chi connectivity index (χ4n) is 3.58. The predicted octanol–water partition coefficient (Wildman–Crippen LogP) is 3.14. The van der Waals surface area contributed by atoms with E-state index in [2.05, 4.69) is 47.8 Å². The summed E-state index contributed by atoms with van der Waals surface area (Å²) >= 11 is 0. The molecule has 4 nitrogen and oxygen atoms in total. The number of aryl methyl sites for hydroxylation is 1. The molecule has 0 bridgehead atoms. The molecule has 0 saturated heterocycles. The average molecular weight is 292 g/mol. The van der Waals surface area contributed by atoms with Gasteiger partial charge in [-0.25, -0.2) is 4.98 Å². The van der Waals surface area contributed by atoms with E-state index in [0.29, 0.717) is 0 Å². The highest BCUT2D eigenvalue weighted by molar-refractivity contribution is 4.92. The van der Waals surface area contributed by atoms with Gasteiger partial charge in [-0.2, -0.15) is 5.10 Å². The maximum Gasteiger partial charge on any atom is 0.138 e. The Morgan fingerprint density at radius 1 is 1.33 bits per heavy atom. The maximum atomic E-state index is 4.48. The monoisotopic (exact) mass is 292 g/mol. The van der Waals surface area contributed by atoms with Crippen molar-refractivity contribution in [3.63, 3.8) is 0 Å². The maximum absolute atomic E-state index is 4.48.